The second kappa shape index (κ2) is 25.4. The molecule has 574 valence electrons. The number of carboxylic acids is 2. The highest BCUT2D eigenvalue weighted by Gasteiger charge is 2.73. The molecule has 21 nitrogen and oxygen atoms in total. The van der Waals surface area contributed by atoms with E-state index in [4.69, 9.17) is 18.3 Å². The molecule has 4 aromatic heterocycles. The van der Waals surface area contributed by atoms with E-state index in [1.807, 2.05) is 0 Å². The monoisotopic (exact) mass is 1460 g/mol. The van der Waals surface area contributed by atoms with Gasteiger partial charge < -0.3 is 39.2 Å². The molecule has 0 amide bonds. The van der Waals surface area contributed by atoms with Gasteiger partial charge in [0.15, 0.2) is 17.4 Å². The van der Waals surface area contributed by atoms with Gasteiger partial charge in [0, 0.05) is 30.1 Å². The Balaban J connectivity index is 0.643. The van der Waals surface area contributed by atoms with Crippen LogP contribution in [0.4, 0.5) is 20.8 Å². The summed E-state index contributed by atoms with van der Waals surface area (Å²) in [7, 11) is 0. The van der Waals surface area contributed by atoms with Gasteiger partial charge in [-0.2, -0.15) is 0 Å². The van der Waals surface area contributed by atoms with E-state index >= 15 is 4.39 Å². The lowest BCUT2D eigenvalue weighted by molar-refractivity contribution is -0.231. The Morgan fingerprint density at radius 2 is 1.01 bits per heavy atom. The molecule has 5 unspecified atom stereocenters. The van der Waals surface area contributed by atoms with Crippen LogP contribution < -0.4 is 10.6 Å². The number of allylic oxidation sites excluding steroid dienone is 2. The lowest BCUT2D eigenvalue weighted by Crippen LogP contribution is -2.66. The number of carbonyl (C=O) groups excluding carboxylic acids is 4. The Kier molecular flexibility index (Phi) is 18.1. The van der Waals surface area contributed by atoms with E-state index in [0.29, 0.717) is 37.5 Å². The summed E-state index contributed by atoms with van der Waals surface area (Å²) in [6.07, 6.45) is 14.0. The van der Waals surface area contributed by atoms with E-state index in [-0.39, 0.29) is 151 Å². The normalized spacial score (nSPS) is 37.0. The number of aromatic nitrogens is 7. The summed E-state index contributed by atoms with van der Waals surface area (Å²) in [6.45, 7) is 36.6. The summed E-state index contributed by atoms with van der Waals surface area (Å²) < 4.78 is 55.2. The van der Waals surface area contributed by atoms with Crippen molar-refractivity contribution in [1.29, 1.82) is 0 Å². The lowest BCUT2D eigenvalue weighted by Gasteiger charge is -2.72. The third-order valence-corrected chi connectivity index (χ3v) is 31.6. The summed E-state index contributed by atoms with van der Waals surface area (Å²) in [5.74, 6) is -3.30. The molecule has 106 heavy (non-hydrogen) atoms. The van der Waals surface area contributed by atoms with Crippen LogP contribution in [0.25, 0.3) is 23.3 Å². The number of nitrogens with zero attached hydrogens (tertiary/aromatic N) is 7. The van der Waals surface area contributed by atoms with Gasteiger partial charge in [-0.25, -0.2) is 23.7 Å². The molecule has 23 heteroatoms. The smallest absolute Gasteiger partial charge is 0.316 e. The van der Waals surface area contributed by atoms with Gasteiger partial charge in [-0.05, 0) is 238 Å². The maximum atomic E-state index is 16.2. The van der Waals surface area contributed by atoms with Crippen LogP contribution in [0, 0.1) is 113 Å². The zero-order chi connectivity index (χ0) is 76.6. The first kappa shape index (κ1) is 75.5. The van der Waals surface area contributed by atoms with Crippen LogP contribution >= 0.6 is 0 Å². The van der Waals surface area contributed by atoms with E-state index in [0.717, 1.165) is 112 Å². The summed E-state index contributed by atoms with van der Waals surface area (Å²) in [5.41, 5.74) is -2.28. The second-order valence-corrected chi connectivity index (χ2v) is 38.7. The fraction of sp³-hybridized carbons (Fsp3) is 0.723. The van der Waals surface area contributed by atoms with Gasteiger partial charge in [-0.15, -0.1) is 10.2 Å². The third-order valence-electron chi connectivity index (χ3n) is 31.6. The number of ketones is 2. The first-order valence-corrected chi connectivity index (χ1v) is 39.2. The van der Waals surface area contributed by atoms with E-state index in [2.05, 4.69) is 143 Å². The van der Waals surface area contributed by atoms with E-state index in [1.54, 1.807) is 13.8 Å². The van der Waals surface area contributed by atoms with Crippen molar-refractivity contribution in [3.63, 3.8) is 0 Å². The van der Waals surface area contributed by atoms with Crippen LogP contribution in [-0.2, 0) is 44.7 Å². The van der Waals surface area contributed by atoms with Crippen LogP contribution in [0.2, 0.25) is 0 Å². The molecule has 8 fully saturated rings. The van der Waals surface area contributed by atoms with Crippen molar-refractivity contribution in [2.45, 2.75) is 276 Å². The van der Waals surface area contributed by atoms with Crippen LogP contribution in [0.5, 0.6) is 0 Å². The average Bonchev–Trinajstić information content (AvgIpc) is 1.15. The van der Waals surface area contributed by atoms with Crippen molar-refractivity contribution in [1.82, 2.24) is 35.3 Å². The average molecular weight is 1460 g/mol. The standard InChI is InChI=1S/C83H111F2N9O12/c1-43(2)61-51(95)37-82(34-32-78(14)46(63(61)82)18-22-55-76(12)28-26-57(103-59(97)39-72(5,6)68(99)100)73(7,8)53(76)24-30-80(55,78)16)89-70-93-91-66(105-70)49-21-20-48(85)50(88-49)36-75(11,69(101)102)40-60(98)104-58-27-29-77(13)54(74(58,9)10)25-31-81(17)56(77)23-19-47-64-62(44(3)4)52(96)38-83(64,35-33-79(47,81)15)90-71-94-92-67(106-71)65-86-41-45(84)42-87-65/h20-21,41-44,46-47,53-58H,18-19,22-40H2,1-17H3,(H,89,93)(H,90,94)(H,99,100)(H,101,102)/t46-,47-,53?,54?,55?,56?,57+,58+,75?,76+,77+,78-,79-,80-,81-,82-,83-/m1/s1. The molecule has 0 bridgehead atoms. The number of ether oxygens (including phenoxy) is 2. The van der Waals surface area contributed by atoms with Crippen molar-refractivity contribution in [2.24, 2.45) is 101 Å². The number of fused-ring (bicyclic) bond motifs is 14. The van der Waals surface area contributed by atoms with E-state index < -0.39 is 81.8 Å². The molecule has 10 aliphatic carbocycles. The number of hydrogen-bond acceptors (Lipinski definition) is 19. The molecule has 0 aromatic carbocycles. The SMILES string of the molecule is CC(C)C1=C2[C@H]3CCC4[C@@]5(C)CC[C@H](OC(=O)CC(C)(C)C(=O)O)C(C)(C)C5CC[C@@]4(C)[C@]3(C)CC[C@@]2(Nc2nnc(-c3ccc(F)c(CC(C)(CC(=O)O[C@H]4CC[C@@]5(C)C(CC[C@]6(C)C5CC[C@@H]5C7=C(C(C)C)C(=O)C[C@]7(Nc7nnc(-c8ncc(F)cn8)o7)CC[C@]56C)C4(C)C)C(=O)O)n3)o2)CC1=O. The Labute approximate surface area is 621 Å². The van der Waals surface area contributed by atoms with Crippen molar-refractivity contribution < 1.29 is 66.1 Å². The highest BCUT2D eigenvalue weighted by atomic mass is 19.1. The second-order valence-electron chi connectivity index (χ2n) is 38.7. The third kappa shape index (κ3) is 11.4. The number of aliphatic carboxylic acids is 2. The van der Waals surface area contributed by atoms with Crippen LogP contribution in [0.1, 0.15) is 252 Å². The number of rotatable bonds is 18. The van der Waals surface area contributed by atoms with Crippen molar-refractivity contribution in [2.75, 3.05) is 10.6 Å². The number of nitrogens with one attached hydrogen (secondary N) is 2. The highest BCUT2D eigenvalue weighted by Crippen LogP contribution is 2.78. The van der Waals surface area contributed by atoms with Gasteiger partial charge in [0.2, 0.25) is 5.82 Å². The van der Waals surface area contributed by atoms with Gasteiger partial charge >= 0.3 is 35.9 Å². The molecule has 4 aromatic rings. The molecule has 0 aliphatic heterocycles. The summed E-state index contributed by atoms with van der Waals surface area (Å²) >= 11 is 0. The fourth-order valence-electron chi connectivity index (χ4n) is 25.9. The number of carbonyl (C=O) groups is 6. The Hall–Kier alpha value is -7.33. The maximum Gasteiger partial charge on any atom is 0.316 e. The van der Waals surface area contributed by atoms with Gasteiger partial charge in [-0.1, -0.05) is 107 Å². The first-order chi connectivity index (χ1) is 49.5. The molecule has 4 heterocycles. The summed E-state index contributed by atoms with van der Waals surface area (Å²) in [5, 5.41) is 45.5. The number of pyridine rings is 1. The zero-order valence-electron chi connectivity index (χ0n) is 65.3. The number of halogens is 2. The number of hydrogen-bond donors (Lipinski definition) is 4. The van der Waals surface area contributed by atoms with Crippen molar-refractivity contribution in [3.05, 3.63) is 64.1 Å². The summed E-state index contributed by atoms with van der Waals surface area (Å²) in [6, 6.07) is 2.84. The van der Waals surface area contributed by atoms with Crippen LogP contribution in [0.15, 0.2) is 55.7 Å². The highest BCUT2D eigenvalue weighted by molar-refractivity contribution is 6.03. The number of anilines is 2. The minimum Gasteiger partial charge on any atom is -0.481 e. The minimum atomic E-state index is -1.84. The Bertz CT molecular complexity index is 4330. The molecule has 17 atom stereocenters. The van der Waals surface area contributed by atoms with Crippen molar-refractivity contribution in [3.8, 4) is 23.3 Å². The molecule has 10 aliphatic rings. The molecule has 0 spiro atoms. The van der Waals surface area contributed by atoms with Gasteiger partial charge in [0.1, 0.15) is 23.7 Å². The first-order valence-electron chi connectivity index (χ1n) is 39.2. The largest absolute Gasteiger partial charge is 0.481 e. The maximum absolute atomic E-state index is 16.2. The quantitative estimate of drug-likeness (QED) is 0.0673. The number of carboxylic acid groups (broad SMARTS) is 2. The predicted molar refractivity (Wildman–Crippen MR) is 389 cm³/mol. The van der Waals surface area contributed by atoms with Gasteiger partial charge in [-0.3, -0.25) is 28.8 Å². The molecule has 0 saturated heterocycles. The lowest BCUT2D eigenvalue weighted by atomic mass is 9.33. The van der Waals surface area contributed by atoms with E-state index in [1.165, 1.54) is 19.1 Å². The predicted octanol–water partition coefficient (Wildman–Crippen LogP) is 16.6. The summed E-state index contributed by atoms with van der Waals surface area (Å²) in [4.78, 5) is 95.0. The van der Waals surface area contributed by atoms with Crippen LogP contribution in [-0.4, -0.2) is 104 Å². The number of Topliss-reactive ketones (excluding diaryl/α,β-unsaturated/α-hetero) is 2. The Morgan fingerprint density at radius 1 is 0.557 bits per heavy atom. The molecular formula is C83H111F2N9O12. The molecule has 14 rings (SSSR count). The fourth-order valence-corrected chi connectivity index (χ4v) is 25.9. The van der Waals surface area contributed by atoms with E-state index in [9.17, 15) is 43.4 Å². The van der Waals surface area contributed by atoms with Gasteiger partial charge in [0.25, 0.3) is 11.8 Å². The molecule has 4 N–H and O–H groups in total. The number of esters is 2. The zero-order valence-corrected chi connectivity index (χ0v) is 65.3. The van der Waals surface area contributed by atoms with Gasteiger partial charge in [0.05, 0.1) is 52.8 Å². The molecule has 0 radical (unpaired) electrons. The Morgan fingerprint density at radius 3 is 1.46 bits per heavy atom. The molecular weight excluding hydrogens is 1350 g/mol. The topological polar surface area (TPSA) is 302 Å². The van der Waals surface area contributed by atoms with Crippen LogP contribution in [0.3, 0.4) is 0 Å². The molecule has 8 saturated carbocycles. The minimum absolute atomic E-state index is 0.0116. The van der Waals surface area contributed by atoms with Crippen molar-refractivity contribution >= 4 is 47.5 Å².